The minimum Gasteiger partial charge on any atom is -0.380 e. The average Bonchev–Trinajstić information content (AvgIpc) is 2.61. The first-order valence-electron chi connectivity index (χ1n) is 8.33. The maximum absolute atomic E-state index is 12.0. The van der Waals surface area contributed by atoms with Gasteiger partial charge in [0, 0.05) is 34.6 Å². The van der Waals surface area contributed by atoms with Crippen molar-refractivity contribution in [3.8, 4) is 0 Å². The zero-order valence-electron chi connectivity index (χ0n) is 14.9. The number of allylic oxidation sites excluding steroid dienone is 1. The quantitative estimate of drug-likeness (QED) is 0.548. The number of Topliss-reactive ketones (excluding diaryl/α,β-unsaturated/α-hetero) is 1. The minimum atomic E-state index is -0.113. The van der Waals surface area contributed by atoms with Crippen molar-refractivity contribution in [2.75, 3.05) is 10.6 Å². The van der Waals surface area contributed by atoms with Gasteiger partial charge in [0.1, 0.15) is 0 Å². The van der Waals surface area contributed by atoms with Gasteiger partial charge in [-0.05, 0) is 51.1 Å². The molecule has 2 rings (SSSR count). The van der Waals surface area contributed by atoms with E-state index in [1.165, 1.54) is 6.08 Å². The summed E-state index contributed by atoms with van der Waals surface area (Å²) in [5.74, 6) is -0.0873. The fourth-order valence-corrected chi connectivity index (χ4v) is 2.59. The summed E-state index contributed by atoms with van der Waals surface area (Å²) in [5.41, 5.74) is 2.85. The van der Waals surface area contributed by atoms with Gasteiger partial charge >= 0.3 is 0 Å². The van der Waals surface area contributed by atoms with Gasteiger partial charge in [-0.25, -0.2) is 0 Å². The van der Waals surface area contributed by atoms with Crippen molar-refractivity contribution in [2.24, 2.45) is 0 Å². The molecular formula is C21H24N2O2. The summed E-state index contributed by atoms with van der Waals surface area (Å²) in [4.78, 5) is 23.7. The second kappa shape index (κ2) is 8.29. The first-order valence-corrected chi connectivity index (χ1v) is 8.33. The van der Waals surface area contributed by atoms with Crippen LogP contribution in [0.4, 0.5) is 11.4 Å². The van der Waals surface area contributed by atoms with Crippen LogP contribution in [0, 0.1) is 0 Å². The second-order valence-electron chi connectivity index (χ2n) is 6.08. The van der Waals surface area contributed by atoms with Gasteiger partial charge in [-0.15, -0.1) is 0 Å². The molecule has 0 heterocycles. The fraction of sp³-hybridized carbons (Fsp3) is 0.238. The number of anilines is 2. The summed E-state index contributed by atoms with van der Waals surface area (Å²) in [6, 6.07) is 14.9. The maximum atomic E-state index is 12.0. The molecule has 25 heavy (non-hydrogen) atoms. The Bertz CT molecular complexity index is 783. The predicted octanol–water partition coefficient (Wildman–Crippen LogP) is 4.56. The van der Waals surface area contributed by atoms with E-state index in [4.69, 9.17) is 0 Å². The lowest BCUT2D eigenvalue weighted by atomic mass is 10.0. The van der Waals surface area contributed by atoms with Crippen LogP contribution in [-0.2, 0) is 0 Å². The van der Waals surface area contributed by atoms with E-state index in [9.17, 15) is 9.59 Å². The van der Waals surface area contributed by atoms with Crippen LogP contribution in [0.5, 0.6) is 0 Å². The lowest BCUT2D eigenvalue weighted by Gasteiger charge is -2.26. The monoisotopic (exact) mass is 336 g/mol. The molecule has 0 bridgehead atoms. The summed E-state index contributed by atoms with van der Waals surface area (Å²) < 4.78 is 0. The van der Waals surface area contributed by atoms with Crippen molar-refractivity contribution in [3.05, 3.63) is 72.3 Å². The Labute approximate surface area is 149 Å². The minimum absolute atomic E-state index is 0.0258. The molecule has 0 saturated carbocycles. The number of hydrogen-bond acceptors (Lipinski definition) is 4. The molecule has 2 aromatic rings. The number of nitrogens with one attached hydrogen (secondary N) is 2. The number of ketones is 2. The maximum Gasteiger partial charge on any atom is 0.187 e. The summed E-state index contributed by atoms with van der Waals surface area (Å²) >= 11 is 0. The molecule has 1 unspecified atom stereocenters. The number of carbonyl (C=O) groups excluding carboxylic acids is 2. The Hall–Kier alpha value is -2.88. The molecule has 2 aromatic carbocycles. The molecule has 0 spiro atoms. The SMILES string of the molecule is C=CC(=O)c1ccccc1N[C@@H](C)C(C)Nc1ccccc1C(C)=O. The third-order valence-corrected chi connectivity index (χ3v) is 4.20. The number of benzene rings is 2. The zero-order chi connectivity index (χ0) is 18.4. The molecule has 0 fully saturated rings. The van der Waals surface area contributed by atoms with Gasteiger partial charge in [-0.3, -0.25) is 9.59 Å². The largest absolute Gasteiger partial charge is 0.380 e. The summed E-state index contributed by atoms with van der Waals surface area (Å²) in [5, 5.41) is 6.76. The third kappa shape index (κ3) is 4.57. The highest BCUT2D eigenvalue weighted by molar-refractivity contribution is 6.08. The molecular weight excluding hydrogens is 312 g/mol. The van der Waals surface area contributed by atoms with E-state index in [1.54, 1.807) is 13.0 Å². The van der Waals surface area contributed by atoms with E-state index >= 15 is 0 Å². The molecule has 4 nitrogen and oxygen atoms in total. The van der Waals surface area contributed by atoms with Crippen LogP contribution in [0.25, 0.3) is 0 Å². The highest BCUT2D eigenvalue weighted by Crippen LogP contribution is 2.21. The second-order valence-corrected chi connectivity index (χ2v) is 6.08. The van der Waals surface area contributed by atoms with Crippen molar-refractivity contribution in [1.82, 2.24) is 0 Å². The van der Waals surface area contributed by atoms with Crippen LogP contribution in [0.15, 0.2) is 61.2 Å². The van der Waals surface area contributed by atoms with Crippen LogP contribution in [0.3, 0.4) is 0 Å². The van der Waals surface area contributed by atoms with Gasteiger partial charge in [0.05, 0.1) is 0 Å². The van der Waals surface area contributed by atoms with Crippen LogP contribution in [-0.4, -0.2) is 23.7 Å². The van der Waals surface area contributed by atoms with Gasteiger partial charge in [0.15, 0.2) is 11.6 Å². The van der Waals surface area contributed by atoms with E-state index in [0.29, 0.717) is 11.1 Å². The summed E-state index contributed by atoms with van der Waals surface area (Å²) in [7, 11) is 0. The van der Waals surface area contributed by atoms with E-state index in [1.807, 2.05) is 56.3 Å². The van der Waals surface area contributed by atoms with Crippen LogP contribution in [0.1, 0.15) is 41.5 Å². The standard InChI is InChI=1S/C21H24N2O2/c1-5-21(25)18-11-7-9-13-20(18)23-15(3)14(2)22-19-12-8-6-10-17(19)16(4)24/h5-15,22-23H,1H2,2-4H3/t14?,15-/m0/s1. The van der Waals surface area contributed by atoms with Crippen LogP contribution < -0.4 is 10.6 Å². The topological polar surface area (TPSA) is 58.2 Å². The highest BCUT2D eigenvalue weighted by atomic mass is 16.1. The van der Waals surface area contributed by atoms with Gasteiger partial charge in [-0.2, -0.15) is 0 Å². The molecule has 0 aliphatic heterocycles. The molecule has 0 aliphatic rings. The number of carbonyl (C=O) groups is 2. The van der Waals surface area contributed by atoms with Crippen molar-refractivity contribution < 1.29 is 9.59 Å². The lowest BCUT2D eigenvalue weighted by molar-refractivity contribution is 0.101. The Morgan fingerprint density at radius 1 is 0.880 bits per heavy atom. The zero-order valence-corrected chi connectivity index (χ0v) is 14.9. The Kier molecular flexibility index (Phi) is 6.12. The average molecular weight is 336 g/mol. The third-order valence-electron chi connectivity index (χ3n) is 4.20. The molecule has 4 heteroatoms. The molecule has 0 amide bonds. The van der Waals surface area contributed by atoms with E-state index in [2.05, 4.69) is 17.2 Å². The molecule has 0 aliphatic carbocycles. The Balaban J connectivity index is 2.14. The molecule has 0 saturated heterocycles. The molecule has 2 N–H and O–H groups in total. The van der Waals surface area contributed by atoms with E-state index in [0.717, 1.165) is 11.4 Å². The van der Waals surface area contributed by atoms with Gasteiger partial charge in [0.2, 0.25) is 0 Å². The van der Waals surface area contributed by atoms with Gasteiger partial charge in [-0.1, -0.05) is 30.8 Å². The van der Waals surface area contributed by atoms with E-state index in [-0.39, 0.29) is 23.7 Å². The highest BCUT2D eigenvalue weighted by Gasteiger charge is 2.17. The number of rotatable bonds is 8. The van der Waals surface area contributed by atoms with Crippen molar-refractivity contribution in [2.45, 2.75) is 32.9 Å². The first-order chi connectivity index (χ1) is 11.9. The van der Waals surface area contributed by atoms with Crippen molar-refractivity contribution in [1.29, 1.82) is 0 Å². The number of para-hydroxylation sites is 2. The normalized spacial score (nSPS) is 12.8. The van der Waals surface area contributed by atoms with E-state index < -0.39 is 0 Å². The fourth-order valence-electron chi connectivity index (χ4n) is 2.59. The molecule has 130 valence electrons. The smallest absolute Gasteiger partial charge is 0.187 e. The van der Waals surface area contributed by atoms with Crippen LogP contribution in [0.2, 0.25) is 0 Å². The predicted molar refractivity (Wildman–Crippen MR) is 104 cm³/mol. The van der Waals surface area contributed by atoms with Crippen molar-refractivity contribution in [3.63, 3.8) is 0 Å². The van der Waals surface area contributed by atoms with Crippen molar-refractivity contribution >= 4 is 22.9 Å². The van der Waals surface area contributed by atoms with Gasteiger partial charge < -0.3 is 10.6 Å². The van der Waals surface area contributed by atoms with Gasteiger partial charge in [0.25, 0.3) is 0 Å². The first kappa shape index (κ1) is 18.5. The van der Waals surface area contributed by atoms with Crippen LogP contribution >= 0.6 is 0 Å². The summed E-state index contributed by atoms with van der Waals surface area (Å²) in [6.07, 6.45) is 1.32. The molecule has 0 aromatic heterocycles. The molecule has 2 atom stereocenters. The molecule has 0 radical (unpaired) electrons. The lowest BCUT2D eigenvalue weighted by Crippen LogP contribution is -2.35. The summed E-state index contributed by atoms with van der Waals surface area (Å²) in [6.45, 7) is 9.18. The number of hydrogen-bond donors (Lipinski definition) is 2. The Morgan fingerprint density at radius 3 is 1.80 bits per heavy atom. The Morgan fingerprint density at radius 2 is 1.32 bits per heavy atom.